The van der Waals surface area contributed by atoms with Gasteiger partial charge >= 0.3 is 0 Å². The second-order valence-electron chi connectivity index (χ2n) is 2.50. The van der Waals surface area contributed by atoms with Gasteiger partial charge in [0, 0.05) is 13.3 Å². The van der Waals surface area contributed by atoms with Crippen molar-refractivity contribution in [2.45, 2.75) is 68.9 Å². The van der Waals surface area contributed by atoms with Crippen LogP contribution in [-0.4, -0.2) is 26.6 Å². The number of hydrogen-bond acceptors (Lipinski definition) is 0. The molecule has 0 N–H and O–H groups in total. The second kappa shape index (κ2) is 55.4. The van der Waals surface area contributed by atoms with Crippen LogP contribution in [-0.2, 0) is 0 Å². The van der Waals surface area contributed by atoms with Crippen LogP contribution in [0.2, 0.25) is 0 Å². The van der Waals surface area contributed by atoms with E-state index in [0.29, 0.717) is 7.18 Å². The molecule has 0 aliphatic rings. The predicted molar refractivity (Wildman–Crippen MR) is 81.5 cm³/mol. The molecule has 0 bridgehead atoms. The summed E-state index contributed by atoms with van der Waals surface area (Å²) in [5, 5.41) is 0. The lowest BCUT2D eigenvalue weighted by Crippen LogP contribution is -1.92. The SMILES string of the molecule is C.C.C.C.CF.FCCF.[C-]#[N+]C(C)CCCC. The van der Waals surface area contributed by atoms with Crippen LogP contribution in [0.15, 0.2) is 0 Å². The Morgan fingerprint density at radius 1 is 1.00 bits per heavy atom. The summed E-state index contributed by atoms with van der Waals surface area (Å²) in [4.78, 5) is 3.38. The van der Waals surface area contributed by atoms with Gasteiger partial charge in [-0.05, 0) is 6.42 Å². The summed E-state index contributed by atoms with van der Waals surface area (Å²) in [5.41, 5.74) is 0. The summed E-state index contributed by atoms with van der Waals surface area (Å²) in [5.74, 6) is 0. The molecular formula is C14H36F3N. The van der Waals surface area contributed by atoms with E-state index in [1.807, 2.05) is 6.92 Å². The third-order valence-corrected chi connectivity index (χ3v) is 1.27. The van der Waals surface area contributed by atoms with E-state index in [9.17, 15) is 13.2 Å². The highest BCUT2D eigenvalue weighted by molar-refractivity contribution is 4.71. The molecule has 1 nitrogen and oxygen atoms in total. The van der Waals surface area contributed by atoms with Crippen molar-refractivity contribution in [3.63, 3.8) is 0 Å². The molecule has 0 aromatic carbocycles. The highest BCUT2D eigenvalue weighted by atomic mass is 19.2. The van der Waals surface area contributed by atoms with E-state index in [2.05, 4.69) is 11.8 Å². The molecule has 0 rings (SSSR count). The number of alkyl halides is 3. The van der Waals surface area contributed by atoms with Crippen LogP contribution in [0.1, 0.15) is 62.8 Å². The molecule has 0 aromatic rings. The molecule has 0 amide bonds. The van der Waals surface area contributed by atoms with Crippen molar-refractivity contribution in [1.82, 2.24) is 0 Å². The van der Waals surface area contributed by atoms with Gasteiger partial charge in [0.05, 0.1) is 7.18 Å². The van der Waals surface area contributed by atoms with Gasteiger partial charge in [0.25, 0.3) is 0 Å². The zero-order valence-electron chi connectivity index (χ0n) is 9.19. The van der Waals surface area contributed by atoms with Gasteiger partial charge in [-0.1, -0.05) is 43.1 Å². The van der Waals surface area contributed by atoms with Crippen molar-refractivity contribution in [3.8, 4) is 0 Å². The molecule has 0 heterocycles. The van der Waals surface area contributed by atoms with Gasteiger partial charge in [-0.2, -0.15) is 0 Å². The van der Waals surface area contributed by atoms with E-state index in [4.69, 9.17) is 6.57 Å². The average molecular weight is 275 g/mol. The molecule has 1 unspecified atom stereocenters. The highest BCUT2D eigenvalue weighted by Crippen LogP contribution is 2.01. The van der Waals surface area contributed by atoms with Crippen LogP contribution in [0.3, 0.4) is 0 Å². The van der Waals surface area contributed by atoms with Crippen LogP contribution in [0.4, 0.5) is 13.2 Å². The first-order chi connectivity index (χ1) is 6.72. The van der Waals surface area contributed by atoms with E-state index in [-0.39, 0.29) is 35.7 Å². The lowest BCUT2D eigenvalue weighted by molar-refractivity contribution is 0.380. The molecule has 0 saturated heterocycles. The molecule has 0 spiro atoms. The Bertz CT molecular complexity index is 112. The van der Waals surface area contributed by atoms with E-state index in [1.54, 1.807) is 0 Å². The summed E-state index contributed by atoms with van der Waals surface area (Å²) < 4.78 is 30.2. The normalized spacial score (nSPS) is 7.61. The quantitative estimate of drug-likeness (QED) is 0.513. The summed E-state index contributed by atoms with van der Waals surface area (Å²) in [6, 6.07) is 0.245. The van der Waals surface area contributed by atoms with Gasteiger partial charge in [0.15, 0.2) is 0 Å². The number of nitrogens with zero attached hydrogens (tertiary/aromatic N) is 1. The zero-order valence-corrected chi connectivity index (χ0v) is 9.19. The van der Waals surface area contributed by atoms with E-state index in [0.717, 1.165) is 6.42 Å². The fraction of sp³-hybridized carbons (Fsp3) is 0.929. The Kier molecular flexibility index (Phi) is 133. The average Bonchev–Trinajstić information content (AvgIpc) is 2.28. The summed E-state index contributed by atoms with van der Waals surface area (Å²) in [6.45, 7) is 9.04. The zero-order chi connectivity index (χ0) is 11.8. The molecular weight excluding hydrogens is 239 g/mol. The van der Waals surface area contributed by atoms with Crippen LogP contribution in [0.5, 0.6) is 0 Å². The molecule has 1 atom stereocenters. The fourth-order valence-electron chi connectivity index (χ4n) is 0.564. The van der Waals surface area contributed by atoms with Crippen molar-refractivity contribution >= 4 is 0 Å². The van der Waals surface area contributed by atoms with Gasteiger partial charge in [-0.15, -0.1) is 0 Å². The third kappa shape index (κ3) is 79.0. The number of rotatable bonds is 4. The second-order valence-corrected chi connectivity index (χ2v) is 2.50. The topological polar surface area (TPSA) is 4.36 Å². The van der Waals surface area contributed by atoms with Gasteiger partial charge in [0.2, 0.25) is 6.04 Å². The monoisotopic (exact) mass is 275 g/mol. The van der Waals surface area contributed by atoms with Gasteiger partial charge in [-0.3, -0.25) is 4.39 Å². The maximum absolute atomic E-state index is 10.3. The molecule has 18 heavy (non-hydrogen) atoms. The standard InChI is InChI=1S/C7H13N.C2H4F2.CH3F.4CH4/c1-4-5-6-7(2)8-3;3-1-2-4;1-2;;;;/h7H,4-6H2,1-2H3;1-2H2;1H3;4*1H4. The fourth-order valence-corrected chi connectivity index (χ4v) is 0.564. The first-order valence-electron chi connectivity index (χ1n) is 4.59. The number of halogens is 3. The number of unbranched alkanes of at least 4 members (excludes halogenated alkanes) is 1. The molecule has 0 aliphatic carbocycles. The van der Waals surface area contributed by atoms with Gasteiger partial charge in [0.1, 0.15) is 13.3 Å². The Hall–Kier alpha value is -0.720. The molecule has 0 radical (unpaired) electrons. The maximum atomic E-state index is 10.3. The van der Waals surface area contributed by atoms with Crippen LogP contribution in [0.25, 0.3) is 4.85 Å². The molecule has 0 saturated carbocycles. The summed E-state index contributed by atoms with van der Waals surface area (Å²) in [7, 11) is 0.500. The first kappa shape index (κ1) is 43.3. The van der Waals surface area contributed by atoms with Crippen LogP contribution in [0, 0.1) is 6.57 Å². The van der Waals surface area contributed by atoms with E-state index >= 15 is 0 Å². The van der Waals surface area contributed by atoms with Gasteiger partial charge in [-0.25, -0.2) is 15.4 Å². The van der Waals surface area contributed by atoms with Crippen molar-refractivity contribution in [2.24, 2.45) is 0 Å². The van der Waals surface area contributed by atoms with Crippen molar-refractivity contribution in [2.75, 3.05) is 20.5 Å². The summed E-state index contributed by atoms with van der Waals surface area (Å²) >= 11 is 0. The molecule has 118 valence electrons. The molecule has 0 aromatic heterocycles. The van der Waals surface area contributed by atoms with Crippen molar-refractivity contribution in [3.05, 3.63) is 11.4 Å². The highest BCUT2D eigenvalue weighted by Gasteiger charge is 1.99. The van der Waals surface area contributed by atoms with E-state index in [1.165, 1.54) is 12.8 Å². The largest absolute Gasteiger partial charge is 0.314 e. The smallest absolute Gasteiger partial charge is 0.221 e. The van der Waals surface area contributed by atoms with Crippen molar-refractivity contribution < 1.29 is 13.2 Å². The minimum atomic E-state index is -0.847. The van der Waals surface area contributed by atoms with Crippen molar-refractivity contribution in [1.29, 1.82) is 0 Å². The Morgan fingerprint density at radius 2 is 1.33 bits per heavy atom. The first-order valence-corrected chi connectivity index (χ1v) is 4.59. The van der Waals surface area contributed by atoms with Crippen LogP contribution < -0.4 is 0 Å². The predicted octanol–water partition coefficient (Wildman–Crippen LogP) is 6.54. The Morgan fingerprint density at radius 3 is 1.50 bits per heavy atom. The third-order valence-electron chi connectivity index (χ3n) is 1.27. The van der Waals surface area contributed by atoms with Gasteiger partial charge < -0.3 is 4.85 Å². The Labute approximate surface area is 115 Å². The van der Waals surface area contributed by atoms with E-state index < -0.39 is 13.3 Å². The summed E-state index contributed by atoms with van der Waals surface area (Å²) in [6.07, 6.45) is 3.48. The lowest BCUT2D eigenvalue weighted by Gasteiger charge is -1.93. The maximum Gasteiger partial charge on any atom is 0.221 e. The van der Waals surface area contributed by atoms with Crippen LogP contribution >= 0.6 is 0 Å². The molecule has 0 aliphatic heterocycles. The molecule has 0 fully saturated rings. The molecule has 4 heteroatoms. The minimum absolute atomic E-state index is 0. The minimum Gasteiger partial charge on any atom is -0.314 e. The lowest BCUT2D eigenvalue weighted by atomic mass is 10.2. The number of hydrogen-bond donors (Lipinski definition) is 0. The Balaban J connectivity index is -0.0000000215.